The van der Waals surface area contributed by atoms with Crippen LogP contribution in [0, 0.1) is 5.82 Å². The molecule has 0 saturated heterocycles. The van der Waals surface area contributed by atoms with Crippen LogP contribution in [0.1, 0.15) is 21.5 Å². The lowest BCUT2D eigenvalue weighted by Crippen LogP contribution is -2.26. The predicted molar refractivity (Wildman–Crippen MR) is 151 cm³/mol. The van der Waals surface area contributed by atoms with E-state index in [4.69, 9.17) is 16.6 Å². The number of aromatic nitrogens is 2. The Hall–Kier alpha value is -3.94. The van der Waals surface area contributed by atoms with E-state index in [1.807, 2.05) is 48.5 Å². The van der Waals surface area contributed by atoms with Gasteiger partial charge in [0.05, 0.1) is 16.6 Å². The number of amides is 1. The standard InChI is InChI=1S/C30H23ClFN3O2S/c1-34(18-20-8-3-2-4-9-20)28(36)21-14-15-25-27(16-21)33-30(38-19-22-10-5-6-13-26(22)31)35(29(25)37)24-12-7-11-23(32)17-24/h2-17H,18-19H2,1H3. The van der Waals surface area contributed by atoms with E-state index in [-0.39, 0.29) is 11.5 Å². The van der Waals surface area contributed by atoms with Gasteiger partial charge in [0.1, 0.15) is 5.82 Å². The van der Waals surface area contributed by atoms with Crippen molar-refractivity contribution >= 4 is 40.2 Å². The maximum atomic E-state index is 14.1. The molecular weight excluding hydrogens is 521 g/mol. The number of halogens is 2. The first kappa shape index (κ1) is 25.7. The highest BCUT2D eigenvalue weighted by Crippen LogP contribution is 2.28. The summed E-state index contributed by atoms with van der Waals surface area (Å²) in [7, 11) is 1.74. The molecule has 0 aliphatic carbocycles. The van der Waals surface area contributed by atoms with E-state index in [2.05, 4.69) is 0 Å². The number of nitrogens with zero attached hydrogens (tertiary/aromatic N) is 3. The normalized spacial score (nSPS) is 11.0. The molecule has 0 N–H and O–H groups in total. The van der Waals surface area contributed by atoms with Gasteiger partial charge in [-0.15, -0.1) is 0 Å². The molecule has 5 aromatic rings. The summed E-state index contributed by atoms with van der Waals surface area (Å²) in [4.78, 5) is 33.2. The maximum Gasteiger partial charge on any atom is 0.266 e. The summed E-state index contributed by atoms with van der Waals surface area (Å²) in [5, 5.41) is 1.31. The van der Waals surface area contributed by atoms with Crippen molar-refractivity contribution in [2.45, 2.75) is 17.5 Å². The Kier molecular flexibility index (Phi) is 7.58. The van der Waals surface area contributed by atoms with E-state index < -0.39 is 5.82 Å². The van der Waals surface area contributed by atoms with Gasteiger partial charge in [-0.05, 0) is 53.6 Å². The fourth-order valence-electron chi connectivity index (χ4n) is 4.15. The topological polar surface area (TPSA) is 55.2 Å². The number of carbonyl (C=O) groups is 1. The first-order valence-corrected chi connectivity index (χ1v) is 13.3. The van der Waals surface area contributed by atoms with Crippen LogP contribution < -0.4 is 5.56 Å². The molecule has 0 radical (unpaired) electrons. The summed E-state index contributed by atoms with van der Waals surface area (Å²) in [6, 6.07) is 27.8. The van der Waals surface area contributed by atoms with Crippen molar-refractivity contribution in [3.63, 3.8) is 0 Å². The van der Waals surface area contributed by atoms with Gasteiger partial charge in [0, 0.05) is 29.9 Å². The lowest BCUT2D eigenvalue weighted by atomic mass is 10.1. The minimum atomic E-state index is -0.459. The molecule has 0 unspecified atom stereocenters. The molecule has 1 aromatic heterocycles. The van der Waals surface area contributed by atoms with Crippen LogP contribution in [0.3, 0.4) is 0 Å². The first-order valence-electron chi connectivity index (χ1n) is 11.9. The molecule has 0 bridgehead atoms. The summed E-state index contributed by atoms with van der Waals surface area (Å²) in [5.74, 6) is -0.193. The lowest BCUT2D eigenvalue weighted by Gasteiger charge is -2.18. The molecule has 0 aliphatic rings. The quantitative estimate of drug-likeness (QED) is 0.168. The average Bonchev–Trinajstić information content (AvgIpc) is 2.92. The van der Waals surface area contributed by atoms with Gasteiger partial charge in [0.2, 0.25) is 0 Å². The second-order valence-corrected chi connectivity index (χ2v) is 10.1. The Morgan fingerprint density at radius 2 is 1.74 bits per heavy atom. The molecule has 5 rings (SSSR count). The van der Waals surface area contributed by atoms with Gasteiger partial charge in [-0.3, -0.25) is 14.2 Å². The van der Waals surface area contributed by atoms with Gasteiger partial charge >= 0.3 is 0 Å². The van der Waals surface area contributed by atoms with E-state index in [1.165, 1.54) is 28.5 Å². The smallest absolute Gasteiger partial charge is 0.266 e. The minimum absolute atomic E-state index is 0.183. The summed E-state index contributed by atoms with van der Waals surface area (Å²) < 4.78 is 15.5. The summed E-state index contributed by atoms with van der Waals surface area (Å²) in [5.41, 5.74) is 2.73. The van der Waals surface area contributed by atoms with Crippen LogP contribution in [-0.2, 0) is 12.3 Å². The highest BCUT2D eigenvalue weighted by Gasteiger charge is 2.18. The predicted octanol–water partition coefficient (Wildman–Crippen LogP) is 6.74. The van der Waals surface area contributed by atoms with Crippen LogP contribution >= 0.6 is 23.4 Å². The number of carbonyl (C=O) groups excluding carboxylic acids is 1. The van der Waals surface area contributed by atoms with Crippen molar-refractivity contribution in [3.8, 4) is 5.69 Å². The van der Waals surface area contributed by atoms with Crippen molar-refractivity contribution in [1.82, 2.24) is 14.5 Å². The molecule has 1 amide bonds. The Balaban J connectivity index is 1.55. The highest BCUT2D eigenvalue weighted by atomic mass is 35.5. The van der Waals surface area contributed by atoms with Crippen molar-refractivity contribution in [2.24, 2.45) is 0 Å². The average molecular weight is 544 g/mol. The molecular formula is C30H23ClFN3O2S. The molecule has 4 aromatic carbocycles. The van der Waals surface area contributed by atoms with Crippen molar-refractivity contribution in [1.29, 1.82) is 0 Å². The number of fused-ring (bicyclic) bond motifs is 1. The van der Waals surface area contributed by atoms with E-state index in [0.29, 0.717) is 44.6 Å². The first-order chi connectivity index (χ1) is 18.4. The van der Waals surface area contributed by atoms with Gasteiger partial charge in [-0.2, -0.15) is 0 Å². The zero-order chi connectivity index (χ0) is 26.6. The van der Waals surface area contributed by atoms with Crippen LogP contribution in [0.15, 0.2) is 107 Å². The SMILES string of the molecule is CN(Cc1ccccc1)C(=O)c1ccc2c(=O)n(-c3cccc(F)c3)c(SCc3ccccc3Cl)nc2c1. The molecule has 5 nitrogen and oxygen atoms in total. The van der Waals surface area contributed by atoms with Gasteiger partial charge < -0.3 is 4.90 Å². The molecule has 38 heavy (non-hydrogen) atoms. The second-order valence-electron chi connectivity index (χ2n) is 8.77. The lowest BCUT2D eigenvalue weighted by molar-refractivity contribution is 0.0785. The number of hydrogen-bond acceptors (Lipinski definition) is 4. The number of hydrogen-bond donors (Lipinski definition) is 0. The van der Waals surface area contributed by atoms with Gasteiger partial charge in [0.25, 0.3) is 11.5 Å². The summed E-state index contributed by atoms with van der Waals surface area (Å²) in [6.07, 6.45) is 0. The summed E-state index contributed by atoms with van der Waals surface area (Å²) in [6.45, 7) is 0.450. The Labute approximate surface area is 228 Å². The summed E-state index contributed by atoms with van der Waals surface area (Å²) >= 11 is 7.66. The fraction of sp³-hybridized carbons (Fsp3) is 0.100. The molecule has 0 fully saturated rings. The number of thioether (sulfide) groups is 1. The van der Waals surface area contributed by atoms with Crippen LogP contribution in [0.25, 0.3) is 16.6 Å². The van der Waals surface area contributed by atoms with E-state index >= 15 is 0 Å². The maximum absolute atomic E-state index is 14.1. The van der Waals surface area contributed by atoms with Crippen LogP contribution in [0.5, 0.6) is 0 Å². The van der Waals surface area contributed by atoms with E-state index in [1.54, 1.807) is 48.3 Å². The third kappa shape index (κ3) is 5.49. The molecule has 8 heteroatoms. The molecule has 190 valence electrons. The monoisotopic (exact) mass is 543 g/mol. The molecule has 0 saturated carbocycles. The van der Waals surface area contributed by atoms with E-state index in [9.17, 15) is 14.0 Å². The van der Waals surface area contributed by atoms with Crippen molar-refractivity contribution in [3.05, 3.63) is 135 Å². The molecule has 0 aliphatic heterocycles. The Bertz CT molecular complexity index is 1690. The van der Waals surface area contributed by atoms with E-state index in [0.717, 1.165) is 11.1 Å². The molecule has 0 atom stereocenters. The van der Waals surface area contributed by atoms with Gasteiger partial charge in [0.15, 0.2) is 5.16 Å². The highest BCUT2D eigenvalue weighted by molar-refractivity contribution is 7.98. The second kappa shape index (κ2) is 11.2. The van der Waals surface area contributed by atoms with Crippen molar-refractivity contribution in [2.75, 3.05) is 7.05 Å². The number of rotatable bonds is 7. The molecule has 1 heterocycles. The van der Waals surface area contributed by atoms with Crippen molar-refractivity contribution < 1.29 is 9.18 Å². The number of benzene rings is 4. The largest absolute Gasteiger partial charge is 0.337 e. The van der Waals surface area contributed by atoms with Gasteiger partial charge in [-0.1, -0.05) is 78.0 Å². The molecule has 0 spiro atoms. The Morgan fingerprint density at radius 1 is 0.974 bits per heavy atom. The fourth-order valence-corrected chi connectivity index (χ4v) is 5.44. The zero-order valence-corrected chi connectivity index (χ0v) is 22.0. The third-order valence-corrected chi connectivity index (χ3v) is 7.43. The van der Waals surface area contributed by atoms with Gasteiger partial charge in [-0.25, -0.2) is 9.37 Å². The third-order valence-electron chi connectivity index (χ3n) is 6.08. The van der Waals surface area contributed by atoms with Crippen LogP contribution in [0.4, 0.5) is 4.39 Å². The zero-order valence-electron chi connectivity index (χ0n) is 20.5. The van der Waals surface area contributed by atoms with Crippen LogP contribution in [-0.4, -0.2) is 27.4 Å². The minimum Gasteiger partial charge on any atom is -0.337 e. The van der Waals surface area contributed by atoms with Crippen LogP contribution in [0.2, 0.25) is 5.02 Å². The Morgan fingerprint density at radius 3 is 2.50 bits per heavy atom.